The molecule has 138 valence electrons. The second kappa shape index (κ2) is 8.68. The van der Waals surface area contributed by atoms with Crippen molar-refractivity contribution in [3.8, 4) is 0 Å². The van der Waals surface area contributed by atoms with E-state index in [0.717, 1.165) is 40.6 Å². The van der Waals surface area contributed by atoms with E-state index in [1.54, 1.807) is 6.21 Å². The normalized spacial score (nSPS) is 22.2. The van der Waals surface area contributed by atoms with Crippen LogP contribution in [0.4, 0.5) is 5.69 Å². The topological polar surface area (TPSA) is 94.4 Å². The number of amidine groups is 1. The molecule has 1 aromatic carbocycles. The lowest BCUT2D eigenvalue weighted by atomic mass is 10.1. The maximum atomic E-state index is 11.7. The summed E-state index contributed by atoms with van der Waals surface area (Å²) < 4.78 is 1.01. The molecule has 26 heavy (non-hydrogen) atoms. The zero-order valence-electron chi connectivity index (χ0n) is 14.0. The Morgan fingerprint density at radius 1 is 1.38 bits per heavy atom. The van der Waals surface area contributed by atoms with Crippen molar-refractivity contribution >= 4 is 56.6 Å². The number of carboxylic acid groups (broad SMARTS) is 1. The maximum absolute atomic E-state index is 11.7. The lowest BCUT2D eigenvalue weighted by Gasteiger charge is -2.30. The van der Waals surface area contributed by atoms with Crippen LogP contribution in [0.2, 0.25) is 0 Å². The number of benzene rings is 1. The van der Waals surface area contributed by atoms with E-state index in [4.69, 9.17) is 5.11 Å². The number of halogens is 1. The van der Waals surface area contributed by atoms with E-state index >= 15 is 0 Å². The molecule has 2 heterocycles. The molecule has 1 atom stereocenters. The molecule has 2 N–H and O–H groups in total. The van der Waals surface area contributed by atoms with Crippen molar-refractivity contribution in [2.75, 3.05) is 18.0 Å². The first kappa shape index (κ1) is 18.9. The van der Waals surface area contributed by atoms with Gasteiger partial charge >= 0.3 is 5.97 Å². The summed E-state index contributed by atoms with van der Waals surface area (Å²) in [7, 11) is 0. The number of hydrogen-bond donors (Lipinski definition) is 2. The van der Waals surface area contributed by atoms with Gasteiger partial charge in [-0.25, -0.2) is 0 Å². The smallest absolute Gasteiger partial charge is 0.305 e. The molecule has 1 unspecified atom stereocenters. The monoisotopic (exact) mass is 438 g/mol. The van der Waals surface area contributed by atoms with Crippen LogP contribution in [0.1, 0.15) is 31.2 Å². The van der Waals surface area contributed by atoms with Crippen LogP contribution in [0, 0.1) is 0 Å². The fourth-order valence-electron chi connectivity index (χ4n) is 2.92. The molecule has 0 aliphatic carbocycles. The second-order valence-electron chi connectivity index (χ2n) is 6.09. The van der Waals surface area contributed by atoms with Gasteiger partial charge in [-0.05, 0) is 31.4 Å². The summed E-state index contributed by atoms with van der Waals surface area (Å²) in [6.07, 6.45) is 5.06. The van der Waals surface area contributed by atoms with Crippen LogP contribution in [-0.2, 0) is 9.59 Å². The highest BCUT2D eigenvalue weighted by Crippen LogP contribution is 2.27. The molecule has 2 saturated heterocycles. The van der Waals surface area contributed by atoms with Crippen LogP contribution in [0.15, 0.2) is 32.9 Å². The molecule has 0 bridgehead atoms. The standard InChI is InChI=1S/C17H19BrN4O3S/c18-12-5-4-11(13(8-12)22-6-2-1-3-7-22)10-19-21-17-20-16(25)14(26-17)9-15(23)24/h4-5,8,10,14H,1-3,6-7,9H2,(H,23,24)(H,20,21,25). The lowest BCUT2D eigenvalue weighted by Crippen LogP contribution is -2.30. The van der Waals surface area contributed by atoms with Crippen molar-refractivity contribution in [3.05, 3.63) is 28.2 Å². The Morgan fingerprint density at radius 2 is 2.15 bits per heavy atom. The minimum Gasteiger partial charge on any atom is -0.481 e. The Balaban J connectivity index is 1.72. The van der Waals surface area contributed by atoms with Crippen LogP contribution >= 0.6 is 27.7 Å². The molecule has 0 spiro atoms. The van der Waals surface area contributed by atoms with Gasteiger partial charge in [-0.15, -0.1) is 5.10 Å². The number of hydrogen-bond acceptors (Lipinski definition) is 6. The first-order valence-corrected chi connectivity index (χ1v) is 10.0. The third-order valence-electron chi connectivity index (χ3n) is 4.17. The molecular weight excluding hydrogens is 420 g/mol. The quantitative estimate of drug-likeness (QED) is 0.544. The van der Waals surface area contributed by atoms with Crippen LogP contribution in [-0.4, -0.2) is 46.7 Å². The third kappa shape index (κ3) is 4.85. The van der Waals surface area contributed by atoms with Gasteiger partial charge < -0.3 is 15.3 Å². The van der Waals surface area contributed by atoms with Crippen LogP contribution in [0.3, 0.4) is 0 Å². The number of carbonyl (C=O) groups excluding carboxylic acids is 1. The van der Waals surface area contributed by atoms with E-state index in [9.17, 15) is 9.59 Å². The predicted octanol–water partition coefficient (Wildman–Crippen LogP) is 2.84. The number of thioether (sulfide) groups is 1. The van der Waals surface area contributed by atoms with E-state index < -0.39 is 11.2 Å². The first-order valence-electron chi connectivity index (χ1n) is 8.38. The summed E-state index contributed by atoms with van der Waals surface area (Å²) in [5.41, 5.74) is 2.06. The number of amides is 1. The van der Waals surface area contributed by atoms with E-state index in [1.165, 1.54) is 19.3 Å². The summed E-state index contributed by atoms with van der Waals surface area (Å²) in [6.45, 7) is 2.04. The fourth-order valence-corrected chi connectivity index (χ4v) is 4.19. The van der Waals surface area contributed by atoms with Gasteiger partial charge in [-0.2, -0.15) is 5.10 Å². The van der Waals surface area contributed by atoms with Crippen molar-refractivity contribution < 1.29 is 14.7 Å². The van der Waals surface area contributed by atoms with Gasteiger partial charge in [-0.1, -0.05) is 33.8 Å². The van der Waals surface area contributed by atoms with Crippen LogP contribution < -0.4 is 10.2 Å². The molecule has 2 fully saturated rings. The van der Waals surface area contributed by atoms with Crippen LogP contribution in [0.5, 0.6) is 0 Å². The number of piperidine rings is 1. The van der Waals surface area contributed by atoms with E-state index in [-0.39, 0.29) is 12.3 Å². The Labute approximate surface area is 164 Å². The molecule has 3 rings (SSSR count). The zero-order chi connectivity index (χ0) is 18.5. The Hall–Kier alpha value is -1.87. The van der Waals surface area contributed by atoms with Crippen molar-refractivity contribution in [2.24, 2.45) is 10.2 Å². The third-order valence-corrected chi connectivity index (χ3v) is 5.74. The molecule has 0 saturated carbocycles. The average Bonchev–Trinajstić information content (AvgIpc) is 2.96. The fraction of sp³-hybridized carbons (Fsp3) is 0.412. The molecule has 7 nitrogen and oxygen atoms in total. The van der Waals surface area contributed by atoms with Gasteiger partial charge in [0.1, 0.15) is 5.25 Å². The SMILES string of the molecule is O=C(O)CC1SC(=NN=Cc2ccc(Br)cc2N2CCCCC2)NC1=O. The summed E-state index contributed by atoms with van der Waals surface area (Å²) in [5, 5.41) is 19.2. The minimum absolute atomic E-state index is 0.231. The zero-order valence-corrected chi connectivity index (χ0v) is 16.4. The number of carbonyl (C=O) groups is 2. The molecule has 0 radical (unpaired) electrons. The first-order chi connectivity index (χ1) is 12.5. The summed E-state index contributed by atoms with van der Waals surface area (Å²) in [4.78, 5) is 24.8. The molecule has 1 aromatic rings. The molecule has 9 heteroatoms. The van der Waals surface area contributed by atoms with Gasteiger partial charge in [0.2, 0.25) is 5.91 Å². The highest BCUT2D eigenvalue weighted by molar-refractivity contribution is 9.10. The number of nitrogens with one attached hydrogen (secondary N) is 1. The maximum Gasteiger partial charge on any atom is 0.305 e. The van der Waals surface area contributed by atoms with E-state index in [0.29, 0.717) is 5.17 Å². The lowest BCUT2D eigenvalue weighted by molar-refractivity contribution is -0.138. The predicted molar refractivity (Wildman–Crippen MR) is 107 cm³/mol. The van der Waals surface area contributed by atoms with Crippen molar-refractivity contribution in [1.82, 2.24) is 5.32 Å². The number of aliphatic carboxylic acids is 1. The largest absolute Gasteiger partial charge is 0.481 e. The summed E-state index contributed by atoms with van der Waals surface area (Å²) in [6, 6.07) is 6.01. The second-order valence-corrected chi connectivity index (χ2v) is 8.20. The Bertz CT molecular complexity index is 762. The number of anilines is 1. The van der Waals surface area contributed by atoms with E-state index in [1.807, 2.05) is 12.1 Å². The van der Waals surface area contributed by atoms with Gasteiger partial charge in [0.15, 0.2) is 5.17 Å². The van der Waals surface area contributed by atoms with Crippen molar-refractivity contribution in [3.63, 3.8) is 0 Å². The molecule has 2 aliphatic rings. The summed E-state index contributed by atoms with van der Waals surface area (Å²) in [5.74, 6) is -1.35. The molecule has 2 aliphatic heterocycles. The van der Waals surface area contributed by atoms with Gasteiger partial charge in [-0.3, -0.25) is 9.59 Å². The minimum atomic E-state index is -1.01. The highest BCUT2D eigenvalue weighted by Gasteiger charge is 2.32. The summed E-state index contributed by atoms with van der Waals surface area (Å²) >= 11 is 4.61. The number of rotatable bonds is 5. The van der Waals surface area contributed by atoms with Gasteiger partial charge in [0.25, 0.3) is 0 Å². The molecule has 1 amide bonds. The number of carboxylic acids is 1. The van der Waals surface area contributed by atoms with E-state index in [2.05, 4.69) is 42.4 Å². The van der Waals surface area contributed by atoms with Crippen LogP contribution in [0.25, 0.3) is 0 Å². The average molecular weight is 439 g/mol. The Kier molecular flexibility index (Phi) is 6.31. The van der Waals surface area contributed by atoms with Gasteiger partial charge in [0, 0.05) is 28.8 Å². The van der Waals surface area contributed by atoms with Gasteiger partial charge in [0.05, 0.1) is 12.6 Å². The molecular formula is C17H19BrN4O3S. The van der Waals surface area contributed by atoms with Crippen molar-refractivity contribution in [2.45, 2.75) is 30.9 Å². The highest BCUT2D eigenvalue weighted by atomic mass is 79.9. The van der Waals surface area contributed by atoms with Crippen molar-refractivity contribution in [1.29, 1.82) is 0 Å². The number of nitrogens with zero attached hydrogens (tertiary/aromatic N) is 3. The Morgan fingerprint density at radius 3 is 2.88 bits per heavy atom. The molecule has 0 aromatic heterocycles.